The summed E-state index contributed by atoms with van der Waals surface area (Å²) in [6.45, 7) is 3.99. The summed E-state index contributed by atoms with van der Waals surface area (Å²) >= 11 is 0. The lowest BCUT2D eigenvalue weighted by molar-refractivity contribution is 1.21. The predicted molar refractivity (Wildman–Crippen MR) is 92.1 cm³/mol. The van der Waals surface area contributed by atoms with E-state index < -0.39 is 0 Å². The lowest BCUT2D eigenvalue weighted by Gasteiger charge is -2.10. The number of H-pyrrole nitrogens is 1. The highest BCUT2D eigenvalue weighted by atomic mass is 16.1. The number of aromatic amines is 1. The van der Waals surface area contributed by atoms with Crippen LogP contribution in [0.3, 0.4) is 0 Å². The van der Waals surface area contributed by atoms with Crippen LogP contribution in [-0.2, 0) is 0 Å². The van der Waals surface area contributed by atoms with Gasteiger partial charge in [-0.3, -0.25) is 4.79 Å². The Balaban J connectivity index is 2.27. The van der Waals surface area contributed by atoms with Gasteiger partial charge in [0.1, 0.15) is 11.6 Å². The van der Waals surface area contributed by atoms with Crippen molar-refractivity contribution in [2.24, 2.45) is 0 Å². The van der Waals surface area contributed by atoms with E-state index in [2.05, 4.69) is 4.98 Å². The van der Waals surface area contributed by atoms with E-state index >= 15 is 0 Å². The third-order valence-electron chi connectivity index (χ3n) is 3.94. The number of nitriles is 1. The molecule has 23 heavy (non-hydrogen) atoms. The Morgan fingerprint density at radius 3 is 2.30 bits per heavy atom. The maximum atomic E-state index is 12.3. The van der Waals surface area contributed by atoms with Gasteiger partial charge in [0.05, 0.1) is 0 Å². The summed E-state index contributed by atoms with van der Waals surface area (Å²) in [4.78, 5) is 15.2. The summed E-state index contributed by atoms with van der Waals surface area (Å²) in [5, 5.41) is 9.38. The molecular formula is C20H16N2O. The monoisotopic (exact) mass is 300 g/mol. The normalized spacial score (nSPS) is 10.3. The van der Waals surface area contributed by atoms with Gasteiger partial charge in [-0.15, -0.1) is 0 Å². The molecule has 0 unspecified atom stereocenters. The molecule has 1 heterocycles. The van der Waals surface area contributed by atoms with Crippen molar-refractivity contribution in [3.05, 3.63) is 81.6 Å². The van der Waals surface area contributed by atoms with Gasteiger partial charge in [0.25, 0.3) is 5.56 Å². The fourth-order valence-corrected chi connectivity index (χ4v) is 2.65. The first-order valence-electron chi connectivity index (χ1n) is 7.40. The van der Waals surface area contributed by atoms with Crippen molar-refractivity contribution >= 4 is 0 Å². The van der Waals surface area contributed by atoms with Crippen molar-refractivity contribution < 1.29 is 0 Å². The van der Waals surface area contributed by atoms with Gasteiger partial charge < -0.3 is 4.98 Å². The van der Waals surface area contributed by atoms with Crippen LogP contribution in [-0.4, -0.2) is 4.98 Å². The molecular weight excluding hydrogens is 284 g/mol. The molecule has 0 aliphatic heterocycles. The average molecular weight is 300 g/mol. The van der Waals surface area contributed by atoms with Gasteiger partial charge in [0, 0.05) is 11.3 Å². The van der Waals surface area contributed by atoms with Gasteiger partial charge in [0.15, 0.2) is 0 Å². The Hall–Kier alpha value is -3.12. The van der Waals surface area contributed by atoms with Crippen molar-refractivity contribution in [2.75, 3.05) is 0 Å². The van der Waals surface area contributed by atoms with Crippen LogP contribution in [0, 0.1) is 25.2 Å². The lowest BCUT2D eigenvalue weighted by atomic mass is 9.95. The van der Waals surface area contributed by atoms with Crippen molar-refractivity contribution in [1.82, 2.24) is 4.98 Å². The molecule has 0 saturated carbocycles. The second-order valence-electron chi connectivity index (χ2n) is 5.59. The molecule has 3 nitrogen and oxygen atoms in total. The van der Waals surface area contributed by atoms with E-state index in [0.717, 1.165) is 22.3 Å². The van der Waals surface area contributed by atoms with Crippen LogP contribution in [0.25, 0.3) is 22.4 Å². The molecule has 0 atom stereocenters. The topological polar surface area (TPSA) is 56.6 Å². The van der Waals surface area contributed by atoms with E-state index in [-0.39, 0.29) is 11.1 Å². The third kappa shape index (κ3) is 2.79. The first-order chi connectivity index (χ1) is 11.1. The molecule has 3 aromatic rings. The second-order valence-corrected chi connectivity index (χ2v) is 5.59. The molecule has 3 rings (SSSR count). The zero-order valence-electron chi connectivity index (χ0n) is 13.1. The molecule has 0 spiro atoms. The number of benzene rings is 2. The average Bonchev–Trinajstić information content (AvgIpc) is 2.55. The highest BCUT2D eigenvalue weighted by Gasteiger charge is 2.13. The second kappa shape index (κ2) is 5.94. The fraction of sp³-hybridized carbons (Fsp3) is 0.100. The summed E-state index contributed by atoms with van der Waals surface area (Å²) in [6, 6.07) is 19.6. The largest absolute Gasteiger partial charge is 0.321 e. The number of nitrogens with one attached hydrogen (secondary N) is 1. The minimum atomic E-state index is -0.358. The lowest BCUT2D eigenvalue weighted by Crippen LogP contribution is -2.13. The van der Waals surface area contributed by atoms with Crippen LogP contribution in [0.5, 0.6) is 0 Å². The zero-order chi connectivity index (χ0) is 16.4. The quantitative estimate of drug-likeness (QED) is 0.771. The van der Waals surface area contributed by atoms with Crippen LogP contribution >= 0.6 is 0 Å². The molecule has 0 amide bonds. The summed E-state index contributed by atoms with van der Waals surface area (Å²) in [6.07, 6.45) is 0. The number of nitrogens with zero attached hydrogens (tertiary/aromatic N) is 1. The Kier molecular flexibility index (Phi) is 3.82. The van der Waals surface area contributed by atoms with E-state index in [4.69, 9.17) is 0 Å². The summed E-state index contributed by atoms with van der Waals surface area (Å²) in [5.74, 6) is 0. The summed E-state index contributed by atoms with van der Waals surface area (Å²) < 4.78 is 0. The number of rotatable bonds is 2. The molecule has 0 saturated heterocycles. The van der Waals surface area contributed by atoms with Crippen LogP contribution < -0.4 is 5.56 Å². The molecule has 0 aliphatic carbocycles. The first kappa shape index (κ1) is 14.8. The summed E-state index contributed by atoms with van der Waals surface area (Å²) in [7, 11) is 0. The van der Waals surface area contributed by atoms with Crippen molar-refractivity contribution in [2.45, 2.75) is 13.8 Å². The Labute approximate surface area is 134 Å². The van der Waals surface area contributed by atoms with Crippen LogP contribution in [0.4, 0.5) is 0 Å². The van der Waals surface area contributed by atoms with Crippen LogP contribution in [0.2, 0.25) is 0 Å². The Morgan fingerprint density at radius 2 is 1.65 bits per heavy atom. The molecule has 112 valence electrons. The highest BCUT2D eigenvalue weighted by Crippen LogP contribution is 2.28. The molecule has 1 N–H and O–H groups in total. The predicted octanol–water partition coefficient (Wildman–Crippen LogP) is 4.20. The molecule has 1 aromatic heterocycles. The number of hydrogen-bond donors (Lipinski definition) is 1. The fourth-order valence-electron chi connectivity index (χ4n) is 2.65. The minimum absolute atomic E-state index is 0.148. The molecule has 3 heteroatoms. The Morgan fingerprint density at radius 1 is 0.957 bits per heavy atom. The molecule has 0 fully saturated rings. The van der Waals surface area contributed by atoms with E-state index in [1.807, 2.05) is 74.5 Å². The molecule has 2 aromatic carbocycles. The maximum absolute atomic E-state index is 12.3. The van der Waals surface area contributed by atoms with Gasteiger partial charge in [-0.1, -0.05) is 54.1 Å². The van der Waals surface area contributed by atoms with Crippen molar-refractivity contribution in [3.63, 3.8) is 0 Å². The molecule has 0 bridgehead atoms. The number of hydrogen-bond acceptors (Lipinski definition) is 2. The van der Waals surface area contributed by atoms with Crippen LogP contribution in [0.1, 0.15) is 16.7 Å². The number of pyridine rings is 1. The van der Waals surface area contributed by atoms with E-state index in [0.29, 0.717) is 11.3 Å². The highest BCUT2D eigenvalue weighted by molar-refractivity contribution is 5.77. The third-order valence-corrected chi connectivity index (χ3v) is 3.94. The zero-order valence-corrected chi connectivity index (χ0v) is 13.1. The van der Waals surface area contributed by atoms with Crippen molar-refractivity contribution in [3.8, 4) is 28.5 Å². The SMILES string of the molecule is Cc1ccc(-c2cc(-c3ccccc3C)c(C#N)c(=O)[nH]2)cc1. The van der Waals surface area contributed by atoms with E-state index in [1.54, 1.807) is 0 Å². The van der Waals surface area contributed by atoms with Crippen LogP contribution in [0.15, 0.2) is 59.4 Å². The number of aromatic nitrogens is 1. The van der Waals surface area contributed by atoms with E-state index in [9.17, 15) is 10.1 Å². The van der Waals surface area contributed by atoms with E-state index in [1.165, 1.54) is 0 Å². The van der Waals surface area contributed by atoms with Gasteiger partial charge in [0.2, 0.25) is 0 Å². The van der Waals surface area contributed by atoms with Gasteiger partial charge in [-0.05, 0) is 36.6 Å². The van der Waals surface area contributed by atoms with Gasteiger partial charge >= 0.3 is 0 Å². The molecule has 0 radical (unpaired) electrons. The number of aryl methyl sites for hydroxylation is 2. The van der Waals surface area contributed by atoms with Gasteiger partial charge in [-0.25, -0.2) is 0 Å². The smallest absolute Gasteiger partial charge is 0.266 e. The standard InChI is InChI=1S/C20H16N2O/c1-13-7-9-15(10-8-13)19-11-17(18(12-21)20(23)22-19)16-6-4-3-5-14(16)2/h3-11H,1-2H3,(H,22,23). The Bertz CT molecular complexity index is 960. The molecule has 0 aliphatic rings. The minimum Gasteiger partial charge on any atom is -0.321 e. The van der Waals surface area contributed by atoms with Gasteiger partial charge in [-0.2, -0.15) is 5.26 Å². The maximum Gasteiger partial charge on any atom is 0.266 e. The summed E-state index contributed by atoms with van der Waals surface area (Å²) in [5.41, 5.74) is 5.19. The van der Waals surface area contributed by atoms with Crippen molar-refractivity contribution in [1.29, 1.82) is 5.26 Å². The first-order valence-corrected chi connectivity index (χ1v) is 7.40.